The molecule has 2 heteroatoms. The van der Waals surface area contributed by atoms with Crippen molar-refractivity contribution < 1.29 is 0 Å². The zero-order valence-electron chi connectivity index (χ0n) is 21.6. The van der Waals surface area contributed by atoms with Gasteiger partial charge in [0.25, 0.3) is 0 Å². The largest absolute Gasteiger partial charge is 0.309 e. The second-order valence-corrected chi connectivity index (χ2v) is 11.6. The normalized spacial score (nSPS) is 12.4. The van der Waals surface area contributed by atoms with Crippen molar-refractivity contribution in [3.63, 3.8) is 0 Å². The van der Waals surface area contributed by atoms with E-state index < -0.39 is 0 Å². The van der Waals surface area contributed by atoms with Crippen LogP contribution >= 0.6 is 11.8 Å². The van der Waals surface area contributed by atoms with E-state index >= 15 is 0 Å². The summed E-state index contributed by atoms with van der Waals surface area (Å²) in [5.74, 6) is 0. The highest BCUT2D eigenvalue weighted by atomic mass is 32.2. The van der Waals surface area contributed by atoms with Crippen LogP contribution in [0.25, 0.3) is 71.3 Å². The summed E-state index contributed by atoms with van der Waals surface area (Å²) >= 11 is 1.88. The topological polar surface area (TPSA) is 4.93 Å². The first-order valence-corrected chi connectivity index (χ1v) is 14.5. The highest BCUT2D eigenvalue weighted by Crippen LogP contribution is 2.50. The van der Waals surface area contributed by atoms with Crippen molar-refractivity contribution in [3.8, 4) is 27.9 Å². The van der Waals surface area contributed by atoms with Gasteiger partial charge in [0, 0.05) is 37.0 Å². The number of benzene rings is 7. The number of fused-ring (bicyclic) bond motifs is 7. The minimum atomic E-state index is 1.18. The van der Waals surface area contributed by atoms with E-state index in [4.69, 9.17) is 0 Å². The lowest BCUT2D eigenvalue weighted by Crippen LogP contribution is -1.94. The van der Waals surface area contributed by atoms with Crippen molar-refractivity contribution in [1.29, 1.82) is 0 Å². The third-order valence-electron chi connectivity index (χ3n) is 8.38. The third-order valence-corrected chi connectivity index (χ3v) is 9.51. The van der Waals surface area contributed by atoms with Crippen molar-refractivity contribution in [3.05, 3.63) is 140 Å². The Hall–Kier alpha value is -4.79. The molecule has 1 aromatic heterocycles. The van der Waals surface area contributed by atoms with E-state index in [1.807, 2.05) is 11.8 Å². The van der Waals surface area contributed by atoms with E-state index in [9.17, 15) is 0 Å². The standard InChI is InChI=1S/C38H23NS/c1-2-10-26(11-3-1)39-34-21-18-25(23-33(34)32-19-17-24-9-4-5-12-28(24)38(32)39)27-20-22-36-37-30(27)14-8-15-31(37)29-13-6-7-16-35(29)40-36/h1-23H. The Labute approximate surface area is 236 Å². The molecule has 0 saturated heterocycles. The quantitative estimate of drug-likeness (QED) is 0.217. The number of hydrogen-bond donors (Lipinski definition) is 0. The molecule has 0 spiro atoms. The Balaban J connectivity index is 1.35. The van der Waals surface area contributed by atoms with Crippen LogP contribution in [0.15, 0.2) is 149 Å². The first kappa shape index (κ1) is 22.1. The lowest BCUT2D eigenvalue weighted by molar-refractivity contribution is 1.19. The van der Waals surface area contributed by atoms with Gasteiger partial charge in [-0.25, -0.2) is 0 Å². The van der Waals surface area contributed by atoms with Gasteiger partial charge in [-0.15, -0.1) is 0 Å². The number of hydrogen-bond acceptors (Lipinski definition) is 1. The summed E-state index contributed by atoms with van der Waals surface area (Å²) in [4.78, 5) is 2.67. The lowest BCUT2D eigenvalue weighted by Gasteiger charge is -2.21. The molecular weight excluding hydrogens is 502 g/mol. The minimum Gasteiger partial charge on any atom is -0.309 e. The van der Waals surface area contributed by atoms with Crippen LogP contribution in [0, 0.1) is 0 Å². The van der Waals surface area contributed by atoms with Gasteiger partial charge in [0.05, 0.1) is 11.0 Å². The van der Waals surface area contributed by atoms with Crippen molar-refractivity contribution in [2.75, 3.05) is 0 Å². The maximum absolute atomic E-state index is 2.43. The van der Waals surface area contributed by atoms with Gasteiger partial charge in [0.1, 0.15) is 0 Å². The molecule has 40 heavy (non-hydrogen) atoms. The monoisotopic (exact) mass is 525 g/mol. The van der Waals surface area contributed by atoms with E-state index in [2.05, 4.69) is 144 Å². The molecule has 186 valence electrons. The van der Waals surface area contributed by atoms with Gasteiger partial charge in [0.15, 0.2) is 0 Å². The van der Waals surface area contributed by atoms with Gasteiger partial charge in [-0.1, -0.05) is 115 Å². The number of para-hydroxylation sites is 1. The van der Waals surface area contributed by atoms with E-state index in [-0.39, 0.29) is 0 Å². The van der Waals surface area contributed by atoms with E-state index in [0.29, 0.717) is 0 Å². The van der Waals surface area contributed by atoms with Gasteiger partial charge in [-0.05, 0) is 69.4 Å². The van der Waals surface area contributed by atoms with E-state index in [1.54, 1.807) is 0 Å². The first-order valence-electron chi connectivity index (χ1n) is 13.7. The molecule has 0 bridgehead atoms. The Bertz CT molecular complexity index is 2290. The Morgan fingerprint density at radius 3 is 2.20 bits per heavy atom. The fourth-order valence-corrected chi connectivity index (χ4v) is 7.76. The Kier molecular flexibility index (Phi) is 4.61. The van der Waals surface area contributed by atoms with Crippen LogP contribution < -0.4 is 0 Å². The molecule has 7 aromatic carbocycles. The summed E-state index contributed by atoms with van der Waals surface area (Å²) in [6.45, 7) is 0. The van der Waals surface area contributed by atoms with Gasteiger partial charge >= 0.3 is 0 Å². The summed E-state index contributed by atoms with van der Waals surface area (Å²) in [6, 6.07) is 51.2. The van der Waals surface area contributed by atoms with Crippen LogP contribution in [0.2, 0.25) is 0 Å². The molecule has 0 amide bonds. The maximum Gasteiger partial charge on any atom is 0.0619 e. The molecule has 1 nitrogen and oxygen atoms in total. The molecule has 0 N–H and O–H groups in total. The van der Waals surface area contributed by atoms with Gasteiger partial charge in [-0.3, -0.25) is 0 Å². The van der Waals surface area contributed by atoms with E-state index in [0.717, 1.165) is 0 Å². The highest BCUT2D eigenvalue weighted by Gasteiger charge is 2.21. The van der Waals surface area contributed by atoms with Crippen molar-refractivity contribution >= 4 is 55.1 Å². The highest BCUT2D eigenvalue weighted by molar-refractivity contribution is 7.99. The molecule has 0 fully saturated rings. The number of nitrogens with zero attached hydrogens (tertiary/aromatic N) is 1. The molecule has 1 aliphatic rings. The summed E-state index contributed by atoms with van der Waals surface area (Å²) in [5.41, 5.74) is 8.87. The molecule has 9 rings (SSSR count). The van der Waals surface area contributed by atoms with Gasteiger partial charge in [-0.2, -0.15) is 0 Å². The molecule has 0 unspecified atom stereocenters. The van der Waals surface area contributed by atoms with Crippen LogP contribution in [-0.4, -0.2) is 4.57 Å². The van der Waals surface area contributed by atoms with Crippen LogP contribution in [0.5, 0.6) is 0 Å². The molecule has 1 aliphatic heterocycles. The summed E-state index contributed by atoms with van der Waals surface area (Å²) in [6.07, 6.45) is 0. The molecule has 0 atom stereocenters. The van der Waals surface area contributed by atoms with Crippen LogP contribution in [0.3, 0.4) is 0 Å². The molecule has 0 saturated carbocycles. The average molecular weight is 526 g/mol. The maximum atomic E-state index is 2.43. The van der Waals surface area contributed by atoms with Gasteiger partial charge in [0.2, 0.25) is 0 Å². The zero-order chi connectivity index (χ0) is 26.2. The van der Waals surface area contributed by atoms with Crippen molar-refractivity contribution in [2.24, 2.45) is 0 Å². The summed E-state index contributed by atoms with van der Waals surface area (Å²) < 4.78 is 2.43. The first-order chi connectivity index (χ1) is 19.8. The molecule has 0 radical (unpaired) electrons. The number of aromatic nitrogens is 1. The SMILES string of the molecule is c1ccc(-n2c3ccc(-c4ccc5c6c(cccc46)-c4ccccc4S5)cc3c3ccc4ccccc4c32)cc1. The molecule has 0 aliphatic carbocycles. The predicted molar refractivity (Wildman–Crippen MR) is 171 cm³/mol. The third kappa shape index (κ3) is 3.05. The fourth-order valence-electron chi connectivity index (χ4n) is 6.63. The minimum absolute atomic E-state index is 1.18. The number of rotatable bonds is 2. The lowest BCUT2D eigenvalue weighted by atomic mass is 9.92. The predicted octanol–water partition coefficient (Wildman–Crippen LogP) is 10.9. The molecule has 2 heterocycles. The summed E-state index contributed by atoms with van der Waals surface area (Å²) in [7, 11) is 0. The second kappa shape index (κ2) is 8.35. The van der Waals surface area contributed by atoms with E-state index in [1.165, 1.54) is 81.1 Å². The smallest absolute Gasteiger partial charge is 0.0619 e. The zero-order valence-corrected chi connectivity index (χ0v) is 22.5. The van der Waals surface area contributed by atoms with Gasteiger partial charge < -0.3 is 4.57 Å². The van der Waals surface area contributed by atoms with Crippen LogP contribution in [0.1, 0.15) is 0 Å². The fraction of sp³-hybridized carbons (Fsp3) is 0. The summed E-state index contributed by atoms with van der Waals surface area (Å²) in [5, 5.41) is 7.78. The van der Waals surface area contributed by atoms with Crippen molar-refractivity contribution in [1.82, 2.24) is 4.57 Å². The molecular formula is C38H23NS. The van der Waals surface area contributed by atoms with Crippen LogP contribution in [-0.2, 0) is 0 Å². The average Bonchev–Trinajstić information content (AvgIpc) is 3.36. The molecule has 8 aromatic rings. The second-order valence-electron chi connectivity index (χ2n) is 10.5. The van der Waals surface area contributed by atoms with Crippen LogP contribution in [0.4, 0.5) is 0 Å². The van der Waals surface area contributed by atoms with Crippen molar-refractivity contribution in [2.45, 2.75) is 9.79 Å². The Morgan fingerprint density at radius 1 is 0.450 bits per heavy atom. The Morgan fingerprint density at radius 2 is 1.25 bits per heavy atom.